The van der Waals surface area contributed by atoms with E-state index in [1.54, 1.807) is 31.2 Å². The van der Waals surface area contributed by atoms with Crippen LogP contribution in [0.25, 0.3) is 0 Å². The second kappa shape index (κ2) is 7.97. The maximum absolute atomic E-state index is 11.8. The summed E-state index contributed by atoms with van der Waals surface area (Å²) in [5, 5.41) is 5.46. The summed E-state index contributed by atoms with van der Waals surface area (Å²) in [6, 6.07) is 6.32. The summed E-state index contributed by atoms with van der Waals surface area (Å²) in [7, 11) is 0. The number of hydrogen-bond donors (Lipinski definition) is 3. The standard InChI is InChI=1S/C14H19N3O3.ClH/c1-9(15)13(18)16-10-4-6-11(7-5-10)17-14(19)12-3-2-8-20-12;/h4-7,9,12H,2-3,8,15H2,1H3,(H,16,18)(H,17,19);1H/t9-,12?;/m0./s1. The van der Waals surface area contributed by atoms with Gasteiger partial charge in [0.15, 0.2) is 0 Å². The molecule has 116 valence electrons. The molecule has 1 fully saturated rings. The molecule has 0 saturated carbocycles. The zero-order chi connectivity index (χ0) is 14.5. The van der Waals surface area contributed by atoms with Crippen molar-refractivity contribution in [3.63, 3.8) is 0 Å². The molecular formula is C14H20ClN3O3. The summed E-state index contributed by atoms with van der Waals surface area (Å²) in [5.74, 6) is -0.379. The Kier molecular flexibility index (Phi) is 6.61. The lowest BCUT2D eigenvalue weighted by atomic mass is 10.2. The van der Waals surface area contributed by atoms with Crippen LogP contribution in [0.2, 0.25) is 0 Å². The van der Waals surface area contributed by atoms with Gasteiger partial charge in [-0.25, -0.2) is 0 Å². The number of amides is 2. The fourth-order valence-corrected chi connectivity index (χ4v) is 1.90. The zero-order valence-electron chi connectivity index (χ0n) is 11.8. The lowest BCUT2D eigenvalue weighted by molar-refractivity contribution is -0.124. The smallest absolute Gasteiger partial charge is 0.253 e. The minimum absolute atomic E-state index is 0. The molecule has 2 amide bonds. The maximum atomic E-state index is 11.8. The van der Waals surface area contributed by atoms with E-state index < -0.39 is 6.04 Å². The Morgan fingerprint density at radius 2 is 1.81 bits per heavy atom. The summed E-state index contributed by atoms with van der Waals surface area (Å²) in [5.41, 5.74) is 6.78. The van der Waals surface area contributed by atoms with E-state index >= 15 is 0 Å². The fraction of sp³-hybridized carbons (Fsp3) is 0.429. The quantitative estimate of drug-likeness (QED) is 0.785. The molecular weight excluding hydrogens is 294 g/mol. The molecule has 4 N–H and O–H groups in total. The van der Waals surface area contributed by atoms with Crippen molar-refractivity contribution in [1.29, 1.82) is 0 Å². The highest BCUT2D eigenvalue weighted by molar-refractivity contribution is 5.96. The highest BCUT2D eigenvalue weighted by Crippen LogP contribution is 2.17. The molecule has 0 bridgehead atoms. The van der Waals surface area contributed by atoms with Crippen LogP contribution >= 0.6 is 12.4 Å². The first-order valence-corrected chi connectivity index (χ1v) is 6.65. The SMILES string of the molecule is C[C@H](N)C(=O)Nc1ccc(NC(=O)C2CCCO2)cc1.Cl. The van der Waals surface area contributed by atoms with Crippen LogP contribution in [0.1, 0.15) is 19.8 Å². The number of carbonyl (C=O) groups is 2. The Morgan fingerprint density at radius 3 is 2.29 bits per heavy atom. The maximum Gasteiger partial charge on any atom is 0.253 e. The predicted octanol–water partition coefficient (Wildman–Crippen LogP) is 1.51. The number of benzene rings is 1. The largest absolute Gasteiger partial charge is 0.368 e. The Morgan fingerprint density at radius 1 is 1.24 bits per heavy atom. The van der Waals surface area contributed by atoms with Crippen molar-refractivity contribution in [1.82, 2.24) is 0 Å². The third kappa shape index (κ3) is 5.00. The van der Waals surface area contributed by atoms with E-state index in [0.717, 1.165) is 12.8 Å². The normalized spacial score (nSPS) is 18.5. The second-order valence-corrected chi connectivity index (χ2v) is 4.85. The van der Waals surface area contributed by atoms with Crippen molar-refractivity contribution < 1.29 is 14.3 Å². The second-order valence-electron chi connectivity index (χ2n) is 4.85. The van der Waals surface area contributed by atoms with Crippen LogP contribution in [0.15, 0.2) is 24.3 Å². The molecule has 0 spiro atoms. The van der Waals surface area contributed by atoms with Gasteiger partial charge < -0.3 is 21.1 Å². The number of ether oxygens (including phenoxy) is 1. The highest BCUT2D eigenvalue weighted by Gasteiger charge is 2.23. The highest BCUT2D eigenvalue weighted by atomic mass is 35.5. The molecule has 1 aliphatic heterocycles. The molecule has 1 heterocycles. The van der Waals surface area contributed by atoms with Gasteiger partial charge in [-0.3, -0.25) is 9.59 Å². The molecule has 0 aliphatic carbocycles. The van der Waals surface area contributed by atoms with Gasteiger partial charge in [-0.1, -0.05) is 0 Å². The molecule has 1 aromatic rings. The van der Waals surface area contributed by atoms with E-state index in [4.69, 9.17) is 10.5 Å². The summed E-state index contributed by atoms with van der Waals surface area (Å²) in [4.78, 5) is 23.3. The molecule has 1 saturated heterocycles. The van der Waals surface area contributed by atoms with Crippen LogP contribution in [0.3, 0.4) is 0 Å². The number of nitrogens with two attached hydrogens (primary N) is 1. The Balaban J connectivity index is 0.00000220. The summed E-state index contributed by atoms with van der Waals surface area (Å²) < 4.78 is 5.31. The minimum Gasteiger partial charge on any atom is -0.368 e. The molecule has 21 heavy (non-hydrogen) atoms. The predicted molar refractivity (Wildman–Crippen MR) is 83.6 cm³/mol. The summed E-state index contributed by atoms with van der Waals surface area (Å²) in [6.07, 6.45) is 1.32. The number of halogens is 1. The molecule has 1 aromatic carbocycles. The summed E-state index contributed by atoms with van der Waals surface area (Å²) in [6.45, 7) is 2.26. The molecule has 0 radical (unpaired) electrons. The van der Waals surface area contributed by atoms with Crippen LogP contribution in [-0.4, -0.2) is 30.6 Å². The van der Waals surface area contributed by atoms with Gasteiger partial charge in [0.05, 0.1) is 6.04 Å². The van der Waals surface area contributed by atoms with Crippen molar-refractivity contribution in [2.45, 2.75) is 31.9 Å². The van der Waals surface area contributed by atoms with Crippen LogP contribution in [0, 0.1) is 0 Å². The van der Waals surface area contributed by atoms with Crippen LogP contribution in [0.5, 0.6) is 0 Å². The average Bonchev–Trinajstić information content (AvgIpc) is 2.95. The molecule has 7 heteroatoms. The Labute approximate surface area is 129 Å². The lowest BCUT2D eigenvalue weighted by Gasteiger charge is -2.11. The Hall–Kier alpha value is -1.63. The first-order valence-electron chi connectivity index (χ1n) is 6.65. The third-order valence-electron chi connectivity index (χ3n) is 3.06. The number of hydrogen-bond acceptors (Lipinski definition) is 4. The van der Waals surface area contributed by atoms with E-state index in [1.165, 1.54) is 0 Å². The van der Waals surface area contributed by atoms with Crippen LogP contribution in [0.4, 0.5) is 11.4 Å². The summed E-state index contributed by atoms with van der Waals surface area (Å²) >= 11 is 0. The molecule has 1 unspecified atom stereocenters. The van der Waals surface area contributed by atoms with Crippen LogP contribution < -0.4 is 16.4 Å². The topological polar surface area (TPSA) is 93.5 Å². The van der Waals surface area contributed by atoms with E-state index in [0.29, 0.717) is 18.0 Å². The van der Waals surface area contributed by atoms with Gasteiger partial charge in [-0.05, 0) is 44.0 Å². The van der Waals surface area contributed by atoms with Crippen molar-refractivity contribution >= 4 is 35.6 Å². The first-order chi connectivity index (χ1) is 9.56. The van der Waals surface area contributed by atoms with E-state index in [1.807, 2.05) is 0 Å². The number of nitrogens with one attached hydrogen (secondary N) is 2. The third-order valence-corrected chi connectivity index (χ3v) is 3.06. The fourth-order valence-electron chi connectivity index (χ4n) is 1.90. The van der Waals surface area contributed by atoms with Gasteiger partial charge in [0.2, 0.25) is 5.91 Å². The molecule has 0 aromatic heterocycles. The molecule has 2 rings (SSSR count). The van der Waals surface area contributed by atoms with Gasteiger partial charge in [-0.2, -0.15) is 0 Å². The van der Waals surface area contributed by atoms with Gasteiger partial charge in [0.25, 0.3) is 5.91 Å². The Bertz CT molecular complexity index is 485. The molecule has 6 nitrogen and oxygen atoms in total. The molecule has 1 aliphatic rings. The van der Waals surface area contributed by atoms with Gasteiger partial charge >= 0.3 is 0 Å². The number of anilines is 2. The lowest BCUT2D eigenvalue weighted by Crippen LogP contribution is -2.32. The van der Waals surface area contributed by atoms with E-state index in [2.05, 4.69) is 10.6 Å². The van der Waals surface area contributed by atoms with Crippen molar-refractivity contribution in [2.24, 2.45) is 5.73 Å². The van der Waals surface area contributed by atoms with Gasteiger partial charge in [0, 0.05) is 18.0 Å². The zero-order valence-corrected chi connectivity index (χ0v) is 12.6. The number of rotatable bonds is 4. The van der Waals surface area contributed by atoms with Crippen LogP contribution in [-0.2, 0) is 14.3 Å². The van der Waals surface area contributed by atoms with Crippen molar-refractivity contribution in [3.05, 3.63) is 24.3 Å². The number of carbonyl (C=O) groups excluding carboxylic acids is 2. The van der Waals surface area contributed by atoms with Gasteiger partial charge in [-0.15, -0.1) is 12.4 Å². The monoisotopic (exact) mass is 313 g/mol. The minimum atomic E-state index is -0.561. The van der Waals surface area contributed by atoms with E-state index in [9.17, 15) is 9.59 Å². The van der Waals surface area contributed by atoms with Crippen molar-refractivity contribution in [3.8, 4) is 0 Å². The average molecular weight is 314 g/mol. The first kappa shape index (κ1) is 17.4. The van der Waals surface area contributed by atoms with Gasteiger partial charge in [0.1, 0.15) is 6.10 Å². The van der Waals surface area contributed by atoms with Crippen molar-refractivity contribution in [2.75, 3.05) is 17.2 Å². The van der Waals surface area contributed by atoms with E-state index in [-0.39, 0.29) is 30.3 Å². The molecule has 2 atom stereocenters.